The van der Waals surface area contributed by atoms with Crippen molar-refractivity contribution in [3.05, 3.63) is 35.9 Å². The highest BCUT2D eigenvalue weighted by Crippen LogP contribution is 2.50. The fraction of sp³-hybridized carbons (Fsp3) is 0.778. The molecule has 0 bridgehead atoms. The number of hydrogen-bond acceptors (Lipinski definition) is 2. The summed E-state index contributed by atoms with van der Waals surface area (Å²) in [5, 5.41) is 0. The van der Waals surface area contributed by atoms with Crippen LogP contribution in [0.1, 0.15) is 117 Å². The lowest BCUT2D eigenvalue weighted by Crippen LogP contribution is -2.36. The second-order valence-electron chi connectivity index (χ2n) is 13.8. The predicted octanol–water partition coefficient (Wildman–Crippen LogP) is 10.5. The summed E-state index contributed by atoms with van der Waals surface area (Å²) >= 11 is 0. The van der Waals surface area contributed by atoms with Crippen LogP contribution in [0.4, 0.5) is 8.78 Å². The van der Waals surface area contributed by atoms with Crippen LogP contribution in [0, 0.1) is 59.0 Å². The van der Waals surface area contributed by atoms with Gasteiger partial charge in [0.05, 0.1) is 13.2 Å². The normalized spacial score (nSPS) is 34.9. The molecule has 4 aliphatic rings. The highest BCUT2D eigenvalue weighted by Gasteiger charge is 2.40. The average molecular weight is 557 g/mol. The average Bonchev–Trinajstić information content (AvgIpc) is 2.99. The number of benzene rings is 1. The molecule has 0 amide bonds. The van der Waals surface area contributed by atoms with E-state index in [-0.39, 0.29) is 11.5 Å². The Morgan fingerprint density at radius 3 is 1.75 bits per heavy atom. The Labute approximate surface area is 242 Å². The Morgan fingerprint density at radius 2 is 1.12 bits per heavy atom. The fourth-order valence-corrected chi connectivity index (χ4v) is 9.24. The van der Waals surface area contributed by atoms with Gasteiger partial charge in [-0.15, -0.1) is 0 Å². The molecule has 4 atom stereocenters. The third-order valence-electron chi connectivity index (χ3n) is 11.6. The molecule has 1 aromatic rings. The summed E-state index contributed by atoms with van der Waals surface area (Å²) in [7, 11) is 0. The maximum atomic E-state index is 14.4. The van der Waals surface area contributed by atoms with Crippen molar-refractivity contribution in [3.8, 4) is 11.5 Å². The molecular weight excluding hydrogens is 502 g/mol. The van der Waals surface area contributed by atoms with E-state index in [2.05, 4.69) is 19.1 Å². The van der Waals surface area contributed by atoms with Crippen molar-refractivity contribution in [1.82, 2.24) is 0 Å². The second kappa shape index (κ2) is 14.5. The van der Waals surface area contributed by atoms with E-state index in [4.69, 9.17) is 9.47 Å². The van der Waals surface area contributed by atoms with E-state index in [1.165, 1.54) is 108 Å². The summed E-state index contributed by atoms with van der Waals surface area (Å²) in [6.45, 7) is 4.69. The highest BCUT2D eigenvalue weighted by atomic mass is 19.2. The molecular formula is C36H54F2O2. The Bertz CT molecular complexity index is 944. The van der Waals surface area contributed by atoms with Gasteiger partial charge in [0.2, 0.25) is 11.6 Å². The van der Waals surface area contributed by atoms with Gasteiger partial charge in [0.15, 0.2) is 11.5 Å². The molecule has 4 fully saturated rings. The topological polar surface area (TPSA) is 18.5 Å². The van der Waals surface area contributed by atoms with Gasteiger partial charge in [-0.05, 0) is 163 Å². The number of allylic oxidation sites excluding steroid dienone is 2. The van der Waals surface area contributed by atoms with E-state index >= 15 is 0 Å². The van der Waals surface area contributed by atoms with E-state index in [9.17, 15) is 8.78 Å². The summed E-state index contributed by atoms with van der Waals surface area (Å²) in [6.07, 6.45) is 26.9. The van der Waals surface area contributed by atoms with E-state index in [1.807, 2.05) is 0 Å². The molecule has 0 heterocycles. The maximum absolute atomic E-state index is 14.4. The van der Waals surface area contributed by atoms with Gasteiger partial charge in [0.25, 0.3) is 0 Å². The molecule has 4 aliphatic carbocycles. The van der Waals surface area contributed by atoms with Crippen LogP contribution in [0.25, 0.3) is 0 Å². The van der Waals surface area contributed by atoms with E-state index in [0.717, 1.165) is 47.8 Å². The molecule has 224 valence electrons. The molecule has 0 spiro atoms. The van der Waals surface area contributed by atoms with Gasteiger partial charge in [0, 0.05) is 0 Å². The molecule has 0 aliphatic heterocycles. The van der Waals surface area contributed by atoms with Gasteiger partial charge in [0.1, 0.15) is 0 Å². The number of ether oxygens (including phenoxy) is 2. The van der Waals surface area contributed by atoms with Crippen LogP contribution in [0.2, 0.25) is 0 Å². The zero-order valence-corrected chi connectivity index (χ0v) is 25.2. The quantitative estimate of drug-likeness (QED) is 0.267. The largest absolute Gasteiger partial charge is 0.491 e. The number of hydrogen-bond donors (Lipinski definition) is 0. The summed E-state index contributed by atoms with van der Waals surface area (Å²) in [6, 6.07) is 2.98. The Balaban J connectivity index is 1.01. The fourth-order valence-electron chi connectivity index (χ4n) is 9.24. The first kappa shape index (κ1) is 29.9. The third kappa shape index (κ3) is 7.43. The Hall–Kier alpha value is -1.58. The first-order valence-electron chi connectivity index (χ1n) is 16.9. The lowest BCUT2D eigenvalue weighted by Gasteiger charge is -2.46. The summed E-state index contributed by atoms with van der Waals surface area (Å²) in [4.78, 5) is 0. The molecule has 0 N–H and O–H groups in total. The van der Waals surface area contributed by atoms with E-state index < -0.39 is 11.6 Å². The van der Waals surface area contributed by atoms with Gasteiger partial charge in [-0.2, -0.15) is 8.78 Å². The van der Waals surface area contributed by atoms with E-state index in [0.29, 0.717) is 19.1 Å². The molecule has 0 radical (unpaired) electrons. The molecule has 2 nitrogen and oxygen atoms in total. The number of rotatable bonds is 10. The number of fused-ring (bicyclic) bond motifs is 1. The summed E-state index contributed by atoms with van der Waals surface area (Å²) in [5.74, 6) is 5.11. The van der Waals surface area contributed by atoms with Crippen molar-refractivity contribution in [2.24, 2.45) is 47.3 Å². The molecule has 4 heteroatoms. The molecule has 4 saturated carbocycles. The standard InChI is InChI=1S/C36H54F2O2/c1-3-5-6-7-25-8-11-27(12-9-25)28-14-16-29(17-15-28)31-19-18-30-22-26(10-13-32(30)23-31)24-40-34-21-20-33(39-4-2)35(37)36(34)38/h3,5,20-21,25-32H,4,6-19,22-24H2,1-2H3. The molecule has 40 heavy (non-hydrogen) atoms. The second-order valence-corrected chi connectivity index (χ2v) is 13.8. The van der Waals surface area contributed by atoms with Gasteiger partial charge < -0.3 is 9.47 Å². The zero-order valence-electron chi connectivity index (χ0n) is 25.2. The minimum absolute atomic E-state index is 0.0137. The van der Waals surface area contributed by atoms with Crippen molar-refractivity contribution >= 4 is 0 Å². The maximum Gasteiger partial charge on any atom is 0.204 e. The summed E-state index contributed by atoms with van der Waals surface area (Å²) in [5.41, 5.74) is 0. The van der Waals surface area contributed by atoms with Crippen LogP contribution >= 0.6 is 0 Å². The monoisotopic (exact) mass is 556 g/mol. The summed E-state index contributed by atoms with van der Waals surface area (Å²) < 4.78 is 39.6. The predicted molar refractivity (Wildman–Crippen MR) is 160 cm³/mol. The van der Waals surface area contributed by atoms with Gasteiger partial charge in [-0.1, -0.05) is 25.0 Å². The molecule has 0 saturated heterocycles. The van der Waals surface area contributed by atoms with Gasteiger partial charge >= 0.3 is 0 Å². The minimum atomic E-state index is -0.946. The molecule has 5 rings (SSSR count). The molecule has 0 aromatic heterocycles. The van der Waals surface area contributed by atoms with Crippen LogP contribution in [-0.4, -0.2) is 13.2 Å². The molecule has 1 aromatic carbocycles. The zero-order chi connectivity index (χ0) is 27.9. The third-order valence-corrected chi connectivity index (χ3v) is 11.6. The lowest BCUT2D eigenvalue weighted by atomic mass is 9.60. The van der Waals surface area contributed by atoms with Crippen LogP contribution < -0.4 is 9.47 Å². The first-order chi connectivity index (χ1) is 19.6. The Kier molecular flexibility index (Phi) is 10.9. The van der Waals surface area contributed by atoms with Crippen LogP contribution in [0.3, 0.4) is 0 Å². The SMILES string of the molecule is CC=CCCC1CCC(C2CCC(C3CCC4CC(COc5ccc(OCC)c(F)c5F)CCC4C3)CC2)CC1. The van der Waals surface area contributed by atoms with Crippen LogP contribution in [-0.2, 0) is 0 Å². The lowest BCUT2D eigenvalue weighted by molar-refractivity contribution is 0.0419. The van der Waals surface area contributed by atoms with Crippen LogP contribution in [0.5, 0.6) is 11.5 Å². The van der Waals surface area contributed by atoms with Crippen molar-refractivity contribution in [1.29, 1.82) is 0 Å². The Morgan fingerprint density at radius 1 is 0.650 bits per heavy atom. The minimum Gasteiger partial charge on any atom is -0.491 e. The van der Waals surface area contributed by atoms with E-state index in [1.54, 1.807) is 6.92 Å². The van der Waals surface area contributed by atoms with Crippen molar-refractivity contribution in [3.63, 3.8) is 0 Å². The van der Waals surface area contributed by atoms with Crippen molar-refractivity contribution < 1.29 is 18.3 Å². The molecule has 4 unspecified atom stereocenters. The number of halogens is 2. The van der Waals surface area contributed by atoms with Crippen molar-refractivity contribution in [2.45, 2.75) is 117 Å². The smallest absolute Gasteiger partial charge is 0.204 e. The van der Waals surface area contributed by atoms with Crippen molar-refractivity contribution in [2.75, 3.05) is 13.2 Å². The van der Waals surface area contributed by atoms with Crippen LogP contribution in [0.15, 0.2) is 24.3 Å². The van der Waals surface area contributed by atoms with Gasteiger partial charge in [-0.3, -0.25) is 0 Å². The highest BCUT2D eigenvalue weighted by molar-refractivity contribution is 5.35. The first-order valence-corrected chi connectivity index (χ1v) is 16.9. The van der Waals surface area contributed by atoms with Gasteiger partial charge in [-0.25, -0.2) is 0 Å².